The van der Waals surface area contributed by atoms with Crippen molar-refractivity contribution in [1.29, 1.82) is 0 Å². The molecule has 0 saturated heterocycles. The molecule has 0 fully saturated rings. The van der Waals surface area contributed by atoms with Crippen molar-refractivity contribution in [3.05, 3.63) is 65.1 Å². The van der Waals surface area contributed by atoms with Gasteiger partial charge in [0.1, 0.15) is 5.84 Å². The van der Waals surface area contributed by atoms with Crippen molar-refractivity contribution in [1.82, 2.24) is 15.2 Å². The first-order valence-corrected chi connectivity index (χ1v) is 11.4. The molecule has 9 nitrogen and oxygen atoms in total. The fraction of sp³-hybridized carbons (Fsp3) is 0.304. The molecule has 2 heterocycles. The van der Waals surface area contributed by atoms with Crippen LogP contribution in [0.1, 0.15) is 18.3 Å². The molecule has 0 bridgehead atoms. The number of nitrogens with two attached hydrogens (primary N) is 1. The SMILES string of the molecule is C=C(/C(C=NC)=C/N)/C(OC)=C(\N=C(/C)N(C)c1ccc(SC)nc1C)Nc1cc(C)[nH]n1. The molecule has 0 saturated carbocycles. The summed E-state index contributed by atoms with van der Waals surface area (Å²) in [6.45, 7) is 9.94. The minimum atomic E-state index is 0.410. The molecular formula is C23H32N8OS. The van der Waals surface area contributed by atoms with E-state index in [0.29, 0.717) is 34.4 Å². The monoisotopic (exact) mass is 468 g/mol. The molecule has 0 aliphatic heterocycles. The fourth-order valence-corrected chi connectivity index (χ4v) is 3.44. The average Bonchev–Trinajstić information content (AvgIpc) is 3.21. The van der Waals surface area contributed by atoms with Crippen LogP contribution in [0.4, 0.5) is 11.5 Å². The summed E-state index contributed by atoms with van der Waals surface area (Å²) >= 11 is 1.60. The minimum Gasteiger partial charge on any atom is -0.492 e. The van der Waals surface area contributed by atoms with E-state index in [2.05, 4.69) is 32.1 Å². The van der Waals surface area contributed by atoms with Gasteiger partial charge >= 0.3 is 0 Å². The molecule has 0 unspecified atom stereocenters. The van der Waals surface area contributed by atoms with Crippen molar-refractivity contribution in [2.45, 2.75) is 25.8 Å². The number of nitrogens with zero attached hydrogens (tertiary/aromatic N) is 5. The number of nitrogens with one attached hydrogen (secondary N) is 2. The summed E-state index contributed by atoms with van der Waals surface area (Å²) in [7, 11) is 5.15. The van der Waals surface area contributed by atoms with Crippen LogP contribution in [0, 0.1) is 13.8 Å². The van der Waals surface area contributed by atoms with Gasteiger partial charge in [0.2, 0.25) is 0 Å². The van der Waals surface area contributed by atoms with E-state index < -0.39 is 0 Å². The molecule has 2 rings (SSSR count). The number of hydrogen-bond acceptors (Lipinski definition) is 8. The lowest BCUT2D eigenvalue weighted by atomic mass is 10.1. The van der Waals surface area contributed by atoms with Crippen LogP contribution in [0.5, 0.6) is 0 Å². The molecule has 0 radical (unpaired) electrons. The van der Waals surface area contributed by atoms with Crippen molar-refractivity contribution in [3.8, 4) is 0 Å². The average molecular weight is 469 g/mol. The van der Waals surface area contributed by atoms with Gasteiger partial charge in [-0.2, -0.15) is 5.10 Å². The van der Waals surface area contributed by atoms with Gasteiger partial charge in [0.25, 0.3) is 0 Å². The Labute approximate surface area is 199 Å². The molecule has 33 heavy (non-hydrogen) atoms. The van der Waals surface area contributed by atoms with E-state index in [0.717, 1.165) is 22.1 Å². The molecule has 2 aromatic rings. The third-order valence-electron chi connectivity index (χ3n) is 4.80. The number of ether oxygens (including phenoxy) is 1. The van der Waals surface area contributed by atoms with Crippen molar-refractivity contribution in [3.63, 3.8) is 0 Å². The zero-order chi connectivity index (χ0) is 24.5. The molecule has 0 amide bonds. The number of aromatic amines is 1. The number of thioether (sulfide) groups is 1. The van der Waals surface area contributed by atoms with Gasteiger partial charge in [0.05, 0.1) is 23.5 Å². The first-order chi connectivity index (χ1) is 15.7. The first kappa shape index (κ1) is 25.7. The van der Waals surface area contributed by atoms with Crippen molar-refractivity contribution in [2.24, 2.45) is 15.7 Å². The maximum atomic E-state index is 5.79. The van der Waals surface area contributed by atoms with E-state index in [1.807, 2.05) is 57.2 Å². The number of amidine groups is 1. The van der Waals surface area contributed by atoms with E-state index in [4.69, 9.17) is 15.5 Å². The number of aryl methyl sites for hydroxylation is 2. The Hall–Kier alpha value is -3.53. The van der Waals surface area contributed by atoms with Crippen LogP contribution in [0.3, 0.4) is 0 Å². The summed E-state index contributed by atoms with van der Waals surface area (Å²) in [5.74, 6) is 2.13. The zero-order valence-corrected chi connectivity index (χ0v) is 21.0. The number of rotatable bonds is 9. The minimum absolute atomic E-state index is 0.410. The summed E-state index contributed by atoms with van der Waals surface area (Å²) < 4.78 is 5.70. The molecule has 0 aromatic carbocycles. The van der Waals surface area contributed by atoms with Gasteiger partial charge in [0.15, 0.2) is 17.4 Å². The van der Waals surface area contributed by atoms with Crippen LogP contribution in [-0.2, 0) is 4.74 Å². The quantitative estimate of drug-likeness (QED) is 0.167. The highest BCUT2D eigenvalue weighted by Crippen LogP contribution is 2.25. The van der Waals surface area contributed by atoms with E-state index in [1.54, 1.807) is 32.1 Å². The number of pyridine rings is 1. The van der Waals surface area contributed by atoms with Crippen LogP contribution in [0.15, 0.2) is 68.7 Å². The summed E-state index contributed by atoms with van der Waals surface area (Å²) in [6.07, 6.45) is 5.04. The Morgan fingerprint density at radius 1 is 1.36 bits per heavy atom. The lowest BCUT2D eigenvalue weighted by molar-refractivity contribution is 0.298. The smallest absolute Gasteiger partial charge is 0.176 e. The topological polar surface area (TPSA) is 117 Å². The Morgan fingerprint density at radius 2 is 2.09 bits per heavy atom. The maximum absolute atomic E-state index is 5.79. The predicted molar refractivity (Wildman–Crippen MR) is 139 cm³/mol. The predicted octanol–water partition coefficient (Wildman–Crippen LogP) is 4.03. The van der Waals surface area contributed by atoms with E-state index in [-0.39, 0.29) is 0 Å². The number of aliphatic imine (C=N–C) groups is 2. The van der Waals surface area contributed by atoms with E-state index >= 15 is 0 Å². The number of allylic oxidation sites excluding steroid dienone is 1. The van der Waals surface area contributed by atoms with E-state index in [1.165, 1.54) is 6.20 Å². The van der Waals surface area contributed by atoms with Crippen LogP contribution in [0.25, 0.3) is 0 Å². The summed E-state index contributed by atoms with van der Waals surface area (Å²) in [5.41, 5.74) is 9.69. The fourth-order valence-electron chi connectivity index (χ4n) is 3.00. The largest absolute Gasteiger partial charge is 0.492 e. The molecule has 2 aromatic heterocycles. The van der Waals surface area contributed by atoms with Gasteiger partial charge < -0.3 is 20.7 Å². The summed E-state index contributed by atoms with van der Waals surface area (Å²) in [6, 6.07) is 5.89. The van der Waals surface area contributed by atoms with Crippen molar-refractivity contribution in [2.75, 3.05) is 37.7 Å². The van der Waals surface area contributed by atoms with Gasteiger partial charge in [-0.1, -0.05) is 6.58 Å². The highest BCUT2D eigenvalue weighted by atomic mass is 32.2. The summed E-state index contributed by atoms with van der Waals surface area (Å²) in [4.78, 5) is 15.5. The molecule has 10 heteroatoms. The van der Waals surface area contributed by atoms with Gasteiger partial charge in [0, 0.05) is 49.4 Å². The first-order valence-electron chi connectivity index (χ1n) is 10.2. The Kier molecular flexibility index (Phi) is 9.29. The van der Waals surface area contributed by atoms with Crippen LogP contribution >= 0.6 is 11.8 Å². The van der Waals surface area contributed by atoms with Gasteiger partial charge in [-0.15, -0.1) is 11.8 Å². The molecule has 0 aliphatic carbocycles. The highest BCUT2D eigenvalue weighted by molar-refractivity contribution is 7.98. The molecule has 176 valence electrons. The lowest BCUT2D eigenvalue weighted by Gasteiger charge is -2.22. The Bertz CT molecular complexity index is 1110. The summed E-state index contributed by atoms with van der Waals surface area (Å²) in [5, 5.41) is 11.4. The zero-order valence-electron chi connectivity index (χ0n) is 20.2. The second-order valence-electron chi connectivity index (χ2n) is 7.11. The van der Waals surface area contributed by atoms with Crippen molar-refractivity contribution < 1.29 is 4.74 Å². The van der Waals surface area contributed by atoms with Crippen molar-refractivity contribution >= 4 is 35.3 Å². The Morgan fingerprint density at radius 3 is 2.61 bits per heavy atom. The van der Waals surface area contributed by atoms with E-state index in [9.17, 15) is 0 Å². The van der Waals surface area contributed by atoms with Gasteiger partial charge in [-0.05, 0) is 39.2 Å². The Balaban J connectivity index is 2.57. The maximum Gasteiger partial charge on any atom is 0.176 e. The van der Waals surface area contributed by atoms with Crippen LogP contribution < -0.4 is 16.0 Å². The second kappa shape index (κ2) is 11.9. The molecule has 0 aliphatic rings. The van der Waals surface area contributed by atoms with Gasteiger partial charge in [-0.3, -0.25) is 10.1 Å². The third-order valence-corrected chi connectivity index (χ3v) is 5.45. The number of methoxy groups -OCH3 is 1. The molecule has 0 atom stereocenters. The number of anilines is 2. The number of H-pyrrole nitrogens is 1. The third kappa shape index (κ3) is 6.48. The number of hydrogen-bond donors (Lipinski definition) is 3. The highest BCUT2D eigenvalue weighted by Gasteiger charge is 2.17. The standard InChI is InChI=1S/C23H32N8OS/c1-14-11-20(30-29-14)28-23(22(32-7)15(2)18(12-24)13-25-5)27-17(4)31(6)19-9-10-21(33-8)26-16(19)3/h9-13H,2,24H2,1,3-8H3,(H2,28,29,30)/b18-12+,23-22-,25-13?,27-17+. The molecular weight excluding hydrogens is 436 g/mol. The molecule has 4 N–H and O–H groups in total. The second-order valence-corrected chi connectivity index (χ2v) is 7.93. The number of aromatic nitrogens is 3. The molecule has 0 spiro atoms. The van der Waals surface area contributed by atoms with Gasteiger partial charge in [-0.25, -0.2) is 9.98 Å². The van der Waals surface area contributed by atoms with Crippen LogP contribution in [0.2, 0.25) is 0 Å². The normalized spacial score (nSPS) is 13.2. The lowest BCUT2D eigenvalue weighted by Crippen LogP contribution is -2.25. The van der Waals surface area contributed by atoms with Crippen LogP contribution in [-0.4, -0.2) is 54.7 Å².